The number of benzene rings is 1. The first kappa shape index (κ1) is 12.6. The third-order valence-corrected chi connectivity index (χ3v) is 3.16. The Bertz CT molecular complexity index is 282. The van der Waals surface area contributed by atoms with Crippen LogP contribution in [0.25, 0.3) is 0 Å². The van der Waals surface area contributed by atoms with E-state index in [1.165, 1.54) is 4.90 Å². The highest BCUT2D eigenvalue weighted by atomic mass is 32.2. The Morgan fingerprint density at radius 2 is 1.87 bits per heavy atom. The summed E-state index contributed by atoms with van der Waals surface area (Å²) >= 11 is 1.85. The van der Waals surface area contributed by atoms with Crippen molar-refractivity contribution in [3.05, 3.63) is 29.8 Å². The average molecular weight is 225 g/mol. The minimum Gasteiger partial charge on any atom is -0.389 e. The van der Waals surface area contributed by atoms with Crippen molar-refractivity contribution in [2.75, 3.05) is 26.4 Å². The average Bonchev–Trinajstić information content (AvgIpc) is 2.18. The Labute approximate surface area is 96.3 Å². The van der Waals surface area contributed by atoms with E-state index in [0.29, 0.717) is 0 Å². The molecule has 0 bridgehead atoms. The summed E-state index contributed by atoms with van der Waals surface area (Å²) in [6.07, 6.45) is -0.370. The van der Waals surface area contributed by atoms with E-state index in [9.17, 15) is 5.11 Å². The minimum atomic E-state index is -0.370. The van der Waals surface area contributed by atoms with E-state index in [-0.39, 0.29) is 6.10 Å². The SMILES string of the molecule is CC(O)c1ccc(SCCN(C)C)cc1. The zero-order chi connectivity index (χ0) is 11.3. The summed E-state index contributed by atoms with van der Waals surface area (Å²) < 4.78 is 0. The molecule has 0 fully saturated rings. The van der Waals surface area contributed by atoms with Gasteiger partial charge in [0.1, 0.15) is 0 Å². The summed E-state index contributed by atoms with van der Waals surface area (Å²) in [5.41, 5.74) is 0.979. The maximum absolute atomic E-state index is 9.35. The predicted molar refractivity (Wildman–Crippen MR) is 66.4 cm³/mol. The maximum Gasteiger partial charge on any atom is 0.0761 e. The smallest absolute Gasteiger partial charge is 0.0761 e. The fourth-order valence-electron chi connectivity index (χ4n) is 1.19. The van der Waals surface area contributed by atoms with Crippen molar-refractivity contribution < 1.29 is 5.11 Å². The fraction of sp³-hybridized carbons (Fsp3) is 0.500. The molecule has 15 heavy (non-hydrogen) atoms. The first-order valence-corrected chi connectivity index (χ1v) is 6.13. The molecular weight excluding hydrogens is 206 g/mol. The van der Waals surface area contributed by atoms with Gasteiger partial charge in [-0.1, -0.05) is 12.1 Å². The molecule has 1 unspecified atom stereocenters. The van der Waals surface area contributed by atoms with Crippen LogP contribution < -0.4 is 0 Å². The zero-order valence-corrected chi connectivity index (χ0v) is 10.4. The lowest BCUT2D eigenvalue weighted by atomic mass is 10.1. The Kier molecular flexibility index (Phi) is 5.15. The number of nitrogens with zero attached hydrogens (tertiary/aromatic N) is 1. The molecule has 1 rings (SSSR count). The van der Waals surface area contributed by atoms with E-state index in [1.54, 1.807) is 6.92 Å². The van der Waals surface area contributed by atoms with Gasteiger partial charge in [0.25, 0.3) is 0 Å². The van der Waals surface area contributed by atoms with Gasteiger partial charge in [-0.2, -0.15) is 0 Å². The Morgan fingerprint density at radius 1 is 1.27 bits per heavy atom. The second-order valence-electron chi connectivity index (χ2n) is 3.90. The largest absolute Gasteiger partial charge is 0.389 e. The Balaban J connectivity index is 2.43. The molecule has 1 aromatic carbocycles. The van der Waals surface area contributed by atoms with Crippen molar-refractivity contribution in [2.45, 2.75) is 17.9 Å². The topological polar surface area (TPSA) is 23.5 Å². The van der Waals surface area contributed by atoms with Gasteiger partial charge < -0.3 is 10.0 Å². The van der Waals surface area contributed by atoms with Gasteiger partial charge in [-0.25, -0.2) is 0 Å². The van der Waals surface area contributed by atoms with Crippen LogP contribution in [0.2, 0.25) is 0 Å². The van der Waals surface area contributed by atoms with Gasteiger partial charge in [-0.05, 0) is 38.7 Å². The van der Waals surface area contributed by atoms with Crippen LogP contribution in [0.1, 0.15) is 18.6 Å². The highest BCUT2D eigenvalue weighted by Crippen LogP contribution is 2.20. The second-order valence-corrected chi connectivity index (χ2v) is 5.07. The molecule has 0 aliphatic carbocycles. The van der Waals surface area contributed by atoms with Crippen LogP contribution in [0.4, 0.5) is 0 Å². The van der Waals surface area contributed by atoms with E-state index in [4.69, 9.17) is 0 Å². The van der Waals surface area contributed by atoms with Gasteiger partial charge in [0.2, 0.25) is 0 Å². The number of rotatable bonds is 5. The molecule has 0 radical (unpaired) electrons. The van der Waals surface area contributed by atoms with Crippen molar-refractivity contribution >= 4 is 11.8 Å². The van der Waals surface area contributed by atoms with Gasteiger partial charge in [-0.15, -0.1) is 11.8 Å². The highest BCUT2D eigenvalue weighted by Gasteiger charge is 2.00. The molecule has 0 aliphatic rings. The summed E-state index contributed by atoms with van der Waals surface area (Å²) in [6.45, 7) is 2.87. The van der Waals surface area contributed by atoms with Crippen molar-refractivity contribution in [3.63, 3.8) is 0 Å². The lowest BCUT2D eigenvalue weighted by Crippen LogP contribution is -2.14. The van der Waals surface area contributed by atoms with Gasteiger partial charge in [0.15, 0.2) is 0 Å². The van der Waals surface area contributed by atoms with E-state index in [2.05, 4.69) is 31.1 Å². The minimum absolute atomic E-state index is 0.370. The standard InChI is InChI=1S/C12H19NOS/c1-10(14)11-4-6-12(7-5-11)15-9-8-13(2)3/h4-7,10,14H,8-9H2,1-3H3. The quantitative estimate of drug-likeness (QED) is 0.778. The van der Waals surface area contributed by atoms with Crippen LogP contribution in [-0.2, 0) is 0 Å². The molecule has 1 N–H and O–H groups in total. The Morgan fingerprint density at radius 3 is 2.33 bits per heavy atom. The van der Waals surface area contributed by atoms with Crippen LogP contribution in [-0.4, -0.2) is 36.4 Å². The number of hydrogen-bond donors (Lipinski definition) is 1. The molecule has 2 nitrogen and oxygen atoms in total. The Hall–Kier alpha value is -0.510. The molecule has 0 amide bonds. The van der Waals surface area contributed by atoms with E-state index >= 15 is 0 Å². The van der Waals surface area contributed by atoms with Gasteiger partial charge in [0, 0.05) is 17.2 Å². The normalized spacial score (nSPS) is 13.1. The number of hydrogen-bond acceptors (Lipinski definition) is 3. The maximum atomic E-state index is 9.35. The van der Waals surface area contributed by atoms with Crippen LogP contribution in [0.5, 0.6) is 0 Å². The first-order chi connectivity index (χ1) is 7.09. The van der Waals surface area contributed by atoms with Crippen molar-refractivity contribution in [1.29, 1.82) is 0 Å². The molecule has 84 valence electrons. The molecule has 0 spiro atoms. The molecule has 0 saturated carbocycles. The summed E-state index contributed by atoms with van der Waals surface area (Å²) in [5, 5.41) is 9.35. The van der Waals surface area contributed by atoms with Crippen molar-refractivity contribution in [3.8, 4) is 0 Å². The molecule has 0 aromatic heterocycles. The third kappa shape index (κ3) is 4.69. The molecule has 0 heterocycles. The second kappa shape index (κ2) is 6.16. The first-order valence-electron chi connectivity index (χ1n) is 5.15. The molecule has 0 saturated heterocycles. The summed E-state index contributed by atoms with van der Waals surface area (Å²) in [7, 11) is 4.16. The molecule has 3 heteroatoms. The molecular formula is C12H19NOS. The lowest BCUT2D eigenvalue weighted by Gasteiger charge is -2.09. The third-order valence-electron chi connectivity index (χ3n) is 2.17. The van der Waals surface area contributed by atoms with Crippen LogP contribution in [0.15, 0.2) is 29.2 Å². The highest BCUT2D eigenvalue weighted by molar-refractivity contribution is 7.99. The van der Waals surface area contributed by atoms with Crippen LogP contribution >= 0.6 is 11.8 Å². The summed E-state index contributed by atoms with van der Waals surface area (Å²) in [6, 6.07) is 8.12. The van der Waals surface area contributed by atoms with Gasteiger partial charge >= 0.3 is 0 Å². The molecule has 0 aliphatic heterocycles. The predicted octanol–water partition coefficient (Wildman–Crippen LogP) is 2.39. The molecule has 1 atom stereocenters. The fourth-order valence-corrected chi connectivity index (χ4v) is 2.21. The summed E-state index contributed by atoms with van der Waals surface area (Å²) in [5.74, 6) is 1.10. The number of thioether (sulfide) groups is 1. The van der Waals surface area contributed by atoms with Gasteiger partial charge in [-0.3, -0.25) is 0 Å². The van der Waals surface area contributed by atoms with Crippen LogP contribution in [0.3, 0.4) is 0 Å². The summed E-state index contributed by atoms with van der Waals surface area (Å²) in [4.78, 5) is 3.44. The lowest BCUT2D eigenvalue weighted by molar-refractivity contribution is 0.199. The monoisotopic (exact) mass is 225 g/mol. The van der Waals surface area contributed by atoms with Crippen molar-refractivity contribution in [2.24, 2.45) is 0 Å². The number of aliphatic hydroxyl groups is 1. The molecule has 1 aromatic rings. The van der Waals surface area contributed by atoms with Crippen molar-refractivity contribution in [1.82, 2.24) is 4.90 Å². The van der Waals surface area contributed by atoms with Gasteiger partial charge in [0.05, 0.1) is 6.10 Å². The van der Waals surface area contributed by atoms with E-state index < -0.39 is 0 Å². The van der Waals surface area contributed by atoms with E-state index in [0.717, 1.165) is 17.9 Å². The zero-order valence-electron chi connectivity index (χ0n) is 9.60. The van der Waals surface area contributed by atoms with Crippen LogP contribution in [0, 0.1) is 0 Å². The van der Waals surface area contributed by atoms with E-state index in [1.807, 2.05) is 23.9 Å². The number of aliphatic hydroxyl groups excluding tert-OH is 1.